The number of likely N-dealkylation sites (tertiary alicyclic amines) is 1. The summed E-state index contributed by atoms with van der Waals surface area (Å²) in [5, 5.41) is 7.09. The molecule has 1 aromatic heterocycles. The molecule has 1 N–H and O–H groups in total. The van der Waals surface area contributed by atoms with Gasteiger partial charge in [0.1, 0.15) is 0 Å². The summed E-state index contributed by atoms with van der Waals surface area (Å²) in [5.74, 6) is 2.72. The molecule has 2 fully saturated rings. The second-order valence-electron chi connectivity index (χ2n) is 14.0. The summed E-state index contributed by atoms with van der Waals surface area (Å²) in [6, 6.07) is 1.60. The van der Waals surface area contributed by atoms with E-state index in [1.165, 1.54) is 68.9 Å². The van der Waals surface area contributed by atoms with E-state index < -0.39 is 25.1 Å². The molecule has 0 radical (unpaired) electrons. The highest BCUT2D eigenvalue weighted by Gasteiger charge is 2.27. The molecule has 3 rings (SSSR count). The van der Waals surface area contributed by atoms with Gasteiger partial charge in [0.2, 0.25) is 10.0 Å². The third-order valence-corrected chi connectivity index (χ3v) is 13.7. The number of nitrogens with zero attached hydrogens (tertiary/aromatic N) is 4. The van der Waals surface area contributed by atoms with E-state index in [-0.39, 0.29) is 12.2 Å². The first-order valence-corrected chi connectivity index (χ1v) is 22.2. The van der Waals surface area contributed by atoms with Gasteiger partial charge in [-0.2, -0.15) is 5.10 Å². The van der Waals surface area contributed by atoms with Crippen LogP contribution in [0.25, 0.3) is 0 Å². The van der Waals surface area contributed by atoms with Crippen molar-refractivity contribution in [3.05, 3.63) is 12.3 Å². The zero-order valence-electron chi connectivity index (χ0n) is 32.1. The predicted molar refractivity (Wildman–Crippen MR) is 203 cm³/mol. The normalized spacial score (nSPS) is 19.7. The first-order valence-electron chi connectivity index (χ1n) is 19.0. The highest BCUT2D eigenvalue weighted by Crippen LogP contribution is 2.30. The zero-order valence-corrected chi connectivity index (χ0v) is 33.8. The summed E-state index contributed by atoms with van der Waals surface area (Å²) in [5.41, 5.74) is 0. The van der Waals surface area contributed by atoms with Gasteiger partial charge in [0.15, 0.2) is 14.9 Å². The minimum absolute atomic E-state index is 0. The summed E-state index contributed by atoms with van der Waals surface area (Å²) in [6.45, 7) is 20.4. The second-order valence-corrected chi connectivity index (χ2v) is 18.8. The van der Waals surface area contributed by atoms with Gasteiger partial charge in [-0.3, -0.25) is 4.68 Å². The Hall–Kier alpha value is -1.05. The maximum Gasteiger partial charge on any atom is 0.213 e. The van der Waals surface area contributed by atoms with Gasteiger partial charge < -0.3 is 15.0 Å². The fourth-order valence-electron chi connectivity index (χ4n) is 6.32. The molecule has 0 spiro atoms. The van der Waals surface area contributed by atoms with Gasteiger partial charge >= 0.3 is 0 Å². The maximum atomic E-state index is 11.9. The highest BCUT2D eigenvalue weighted by atomic mass is 32.2. The molecule has 286 valence electrons. The number of nitrogens with one attached hydrogen (secondary N) is 1. The molecule has 1 saturated heterocycles. The number of unbranched alkanes of at least 4 members (excludes halogenated alkanes) is 4. The fourth-order valence-corrected chi connectivity index (χ4v) is 8.07. The SMILES string of the molecule is CC.CCS(=O)(=O)N(C)CCOC1CCC(CN2CCC(C(C)C)CC2)CC1.CNCCCCCCCn1ccc(S(=O)(=O)C(C)C)n1.[HH]. The summed E-state index contributed by atoms with van der Waals surface area (Å²) in [7, 11) is -2.72. The molecule has 2 aliphatic rings. The molecule has 1 aromatic rings. The Morgan fingerprint density at radius 1 is 0.958 bits per heavy atom. The molecule has 1 aliphatic heterocycles. The number of aromatic nitrogens is 2. The number of ether oxygens (including phenoxy) is 1. The van der Waals surface area contributed by atoms with Crippen LogP contribution in [0, 0.1) is 17.8 Å². The van der Waals surface area contributed by atoms with Gasteiger partial charge in [0.05, 0.1) is 23.7 Å². The number of sulfonamides is 1. The monoisotopic (exact) mass is 722 g/mol. The van der Waals surface area contributed by atoms with Crippen LogP contribution < -0.4 is 5.32 Å². The average molecular weight is 722 g/mol. The summed E-state index contributed by atoms with van der Waals surface area (Å²) in [4.78, 5) is 2.68. The number of likely N-dealkylation sites (N-methyl/N-ethyl adjacent to an activating group) is 1. The largest absolute Gasteiger partial charge is 0.377 e. The highest BCUT2D eigenvalue weighted by molar-refractivity contribution is 7.92. The molecule has 0 unspecified atom stereocenters. The maximum absolute atomic E-state index is 11.9. The van der Waals surface area contributed by atoms with Crippen molar-refractivity contribution in [2.45, 2.75) is 142 Å². The smallest absolute Gasteiger partial charge is 0.213 e. The molecule has 0 aromatic carbocycles. The summed E-state index contributed by atoms with van der Waals surface area (Å²) < 4.78 is 56.5. The fraction of sp³-hybridized carbons (Fsp3) is 0.917. The van der Waals surface area contributed by atoms with Crippen molar-refractivity contribution in [3.8, 4) is 0 Å². The Morgan fingerprint density at radius 2 is 1.56 bits per heavy atom. The van der Waals surface area contributed by atoms with E-state index in [0.717, 1.165) is 56.5 Å². The Kier molecular flexibility index (Phi) is 22.7. The van der Waals surface area contributed by atoms with E-state index in [9.17, 15) is 16.8 Å². The lowest BCUT2D eigenvalue weighted by Crippen LogP contribution is -2.39. The lowest BCUT2D eigenvalue weighted by atomic mass is 9.84. The van der Waals surface area contributed by atoms with Crippen LogP contribution in [0.5, 0.6) is 0 Å². The zero-order chi connectivity index (χ0) is 36.2. The molecular formula is C36H75N5O5S2. The van der Waals surface area contributed by atoms with Crippen LogP contribution in [-0.2, 0) is 31.1 Å². The quantitative estimate of drug-likeness (QED) is 0.157. The lowest BCUT2D eigenvalue weighted by molar-refractivity contribution is 0.00966. The van der Waals surface area contributed by atoms with Crippen LogP contribution in [0.1, 0.15) is 121 Å². The van der Waals surface area contributed by atoms with Crippen molar-refractivity contribution in [2.75, 3.05) is 59.2 Å². The van der Waals surface area contributed by atoms with Gasteiger partial charge in [-0.25, -0.2) is 21.1 Å². The molecule has 0 bridgehead atoms. The summed E-state index contributed by atoms with van der Waals surface area (Å²) in [6.07, 6.45) is 15.4. The van der Waals surface area contributed by atoms with Crippen molar-refractivity contribution >= 4 is 19.9 Å². The number of aryl methyl sites for hydroxylation is 1. The average Bonchev–Trinajstić information content (AvgIpc) is 3.56. The number of sulfone groups is 1. The van der Waals surface area contributed by atoms with E-state index in [2.05, 4.69) is 29.2 Å². The standard InChI is InChI=1S/C20H40N2O3S.C14H27N3O2S.C2H6.H2/c1-5-26(23,24)21(4)14-15-25-20-8-6-18(7-9-20)16-22-12-10-19(11-13-22)17(2)3;1-13(2)20(18,19)14-9-12-17(16-14)11-8-6-4-5-7-10-15-3;1-2;/h17-20H,5-16H2,1-4H3;9,12-13,15H,4-8,10-11H2,1-3H3;1-2H3;1H. The molecule has 0 amide bonds. The van der Waals surface area contributed by atoms with Crippen LogP contribution in [0.15, 0.2) is 17.3 Å². The van der Waals surface area contributed by atoms with Gasteiger partial charge in [-0.05, 0) is 123 Å². The van der Waals surface area contributed by atoms with E-state index >= 15 is 0 Å². The molecule has 10 nitrogen and oxygen atoms in total. The van der Waals surface area contributed by atoms with Crippen molar-refractivity contribution in [1.82, 2.24) is 24.3 Å². The van der Waals surface area contributed by atoms with E-state index in [4.69, 9.17) is 4.74 Å². The number of piperidine rings is 1. The Bertz CT molecular complexity index is 1160. The van der Waals surface area contributed by atoms with Gasteiger partial charge in [-0.15, -0.1) is 0 Å². The summed E-state index contributed by atoms with van der Waals surface area (Å²) >= 11 is 0. The molecular weight excluding hydrogens is 647 g/mol. The number of rotatable bonds is 19. The van der Waals surface area contributed by atoms with E-state index in [0.29, 0.717) is 19.3 Å². The Balaban J connectivity index is 0.000000905. The third kappa shape index (κ3) is 16.8. The van der Waals surface area contributed by atoms with E-state index in [1.54, 1.807) is 44.8 Å². The van der Waals surface area contributed by atoms with Crippen LogP contribution >= 0.6 is 0 Å². The molecule has 12 heteroatoms. The molecule has 48 heavy (non-hydrogen) atoms. The molecule has 0 atom stereocenters. The van der Waals surface area contributed by atoms with Crippen molar-refractivity contribution < 1.29 is 23.0 Å². The van der Waals surface area contributed by atoms with Crippen molar-refractivity contribution in [3.63, 3.8) is 0 Å². The lowest BCUT2D eigenvalue weighted by Gasteiger charge is -2.37. The Morgan fingerprint density at radius 3 is 2.12 bits per heavy atom. The third-order valence-electron chi connectivity index (χ3n) is 9.83. The minimum Gasteiger partial charge on any atom is -0.377 e. The van der Waals surface area contributed by atoms with Crippen LogP contribution in [-0.4, -0.2) is 106 Å². The van der Waals surface area contributed by atoms with Crippen LogP contribution in [0.4, 0.5) is 0 Å². The van der Waals surface area contributed by atoms with E-state index in [1.807, 2.05) is 20.9 Å². The minimum atomic E-state index is -3.24. The van der Waals surface area contributed by atoms with Crippen LogP contribution in [0.3, 0.4) is 0 Å². The molecule has 1 saturated carbocycles. The van der Waals surface area contributed by atoms with Crippen molar-refractivity contribution in [1.29, 1.82) is 0 Å². The predicted octanol–water partition coefficient (Wildman–Crippen LogP) is 6.72. The van der Waals surface area contributed by atoms with Crippen LogP contribution in [0.2, 0.25) is 0 Å². The molecule has 1 aliphatic carbocycles. The van der Waals surface area contributed by atoms with Gasteiger partial charge in [0, 0.05) is 34.3 Å². The van der Waals surface area contributed by atoms with Gasteiger partial charge in [0.25, 0.3) is 0 Å². The first kappa shape index (κ1) is 45.0. The van der Waals surface area contributed by atoms with Crippen molar-refractivity contribution in [2.24, 2.45) is 17.8 Å². The number of hydrogen-bond acceptors (Lipinski definition) is 8. The first-order chi connectivity index (χ1) is 22.8. The molecule has 2 heterocycles. The number of hydrogen-bond donors (Lipinski definition) is 1. The van der Waals surface area contributed by atoms with Gasteiger partial charge in [-0.1, -0.05) is 47.0 Å². The second kappa shape index (κ2) is 24.2. The topological polar surface area (TPSA) is 114 Å². The Labute approximate surface area is 297 Å².